The molecule has 28 heavy (non-hydrogen) atoms. The minimum atomic E-state index is -0.176. The summed E-state index contributed by atoms with van der Waals surface area (Å²) in [5, 5.41) is 2.13. The highest BCUT2D eigenvalue weighted by Gasteiger charge is 2.23. The average Bonchev–Trinajstić information content (AvgIpc) is 3.34. The Balaban J connectivity index is 1.82. The Kier molecular flexibility index (Phi) is 4.67. The topological polar surface area (TPSA) is 46.0 Å². The van der Waals surface area contributed by atoms with E-state index in [9.17, 15) is 4.39 Å². The van der Waals surface area contributed by atoms with Crippen molar-refractivity contribution in [3.8, 4) is 0 Å². The molecule has 2 aliphatic carbocycles. The Bertz CT molecular complexity index is 1130. The second-order valence-corrected chi connectivity index (χ2v) is 8.50. The molecule has 4 nitrogen and oxygen atoms in total. The van der Waals surface area contributed by atoms with Crippen molar-refractivity contribution in [2.75, 3.05) is 0 Å². The van der Waals surface area contributed by atoms with Gasteiger partial charge in [-0.05, 0) is 58.5 Å². The van der Waals surface area contributed by atoms with Gasteiger partial charge in [0.15, 0.2) is 0 Å². The fourth-order valence-corrected chi connectivity index (χ4v) is 5.10. The van der Waals surface area contributed by atoms with E-state index < -0.39 is 0 Å². The molecule has 0 atom stereocenters. The van der Waals surface area contributed by atoms with Crippen LogP contribution in [-0.2, 0) is 0 Å². The van der Waals surface area contributed by atoms with E-state index in [1.54, 1.807) is 6.08 Å². The number of aliphatic imine (C=N–C) groups is 1. The molecule has 1 fully saturated rings. The minimum Gasteiger partial charge on any atom is -0.345 e. The van der Waals surface area contributed by atoms with E-state index in [-0.39, 0.29) is 5.83 Å². The van der Waals surface area contributed by atoms with Crippen LogP contribution in [0, 0.1) is 0 Å². The molecule has 3 heterocycles. The molecular weight excluding hydrogens is 419 g/mol. The van der Waals surface area contributed by atoms with Crippen molar-refractivity contribution in [2.45, 2.75) is 51.0 Å². The van der Waals surface area contributed by atoms with Gasteiger partial charge in [-0.3, -0.25) is 0 Å². The summed E-state index contributed by atoms with van der Waals surface area (Å²) in [4.78, 5) is 12.6. The molecule has 0 unspecified atom stereocenters. The lowest BCUT2D eigenvalue weighted by Crippen LogP contribution is -2.37. The highest BCUT2D eigenvalue weighted by molar-refractivity contribution is 9.10. The van der Waals surface area contributed by atoms with Gasteiger partial charge in [0.05, 0.1) is 17.0 Å². The Hall–Kier alpha value is -2.21. The zero-order chi connectivity index (χ0) is 19.1. The molecule has 0 spiro atoms. The molecule has 3 aliphatic rings. The quantitative estimate of drug-likeness (QED) is 0.683. The summed E-state index contributed by atoms with van der Waals surface area (Å²) in [5.41, 5.74) is 3.41. The SMILES string of the molecule is FC1=CCC(=c2ncn(C3CCCCC3)c2=C2CC=Nc3[nH]cc(Br)c32)C=C1. The maximum absolute atomic E-state index is 13.5. The fraction of sp³-hybridized carbons (Fsp3) is 0.364. The number of H-pyrrole nitrogens is 1. The average molecular weight is 441 g/mol. The maximum atomic E-state index is 13.5. The molecule has 0 bridgehead atoms. The van der Waals surface area contributed by atoms with Crippen LogP contribution in [0.3, 0.4) is 0 Å². The number of rotatable bonds is 1. The van der Waals surface area contributed by atoms with Gasteiger partial charge in [0.2, 0.25) is 0 Å². The molecule has 0 saturated heterocycles. The van der Waals surface area contributed by atoms with Crippen molar-refractivity contribution in [3.05, 3.63) is 57.3 Å². The zero-order valence-electron chi connectivity index (χ0n) is 15.6. The molecule has 2 aromatic rings. The first-order valence-electron chi connectivity index (χ1n) is 9.95. The second-order valence-electron chi connectivity index (χ2n) is 7.65. The first-order valence-corrected chi connectivity index (χ1v) is 10.7. The molecule has 1 saturated carbocycles. The van der Waals surface area contributed by atoms with Gasteiger partial charge in [-0.15, -0.1) is 0 Å². The Morgan fingerprint density at radius 1 is 1.14 bits per heavy atom. The zero-order valence-corrected chi connectivity index (χ0v) is 17.2. The number of imidazole rings is 1. The number of hydrogen-bond donors (Lipinski definition) is 1. The summed E-state index contributed by atoms with van der Waals surface area (Å²) in [7, 11) is 0. The summed E-state index contributed by atoms with van der Waals surface area (Å²) in [5.74, 6) is 0.704. The lowest BCUT2D eigenvalue weighted by Gasteiger charge is -2.24. The standard InChI is InChI=1S/C22H22BrFN4/c23-18-12-26-22-19(18)17(10-11-25-22)21-20(14-6-8-15(24)9-7-14)27-13-28(21)16-4-2-1-3-5-16/h6,8-9,11-13,16,26H,1-5,7,10H2. The molecule has 0 amide bonds. The molecule has 0 aromatic carbocycles. The third kappa shape index (κ3) is 3.04. The van der Waals surface area contributed by atoms with Crippen LogP contribution >= 0.6 is 15.9 Å². The van der Waals surface area contributed by atoms with E-state index in [0.717, 1.165) is 38.5 Å². The number of aromatic nitrogens is 3. The van der Waals surface area contributed by atoms with Crippen molar-refractivity contribution < 1.29 is 4.39 Å². The van der Waals surface area contributed by atoms with E-state index in [4.69, 9.17) is 4.98 Å². The van der Waals surface area contributed by atoms with E-state index in [2.05, 4.69) is 30.5 Å². The van der Waals surface area contributed by atoms with Gasteiger partial charge in [0.1, 0.15) is 11.6 Å². The molecule has 144 valence electrons. The van der Waals surface area contributed by atoms with Crippen molar-refractivity contribution in [3.63, 3.8) is 0 Å². The lowest BCUT2D eigenvalue weighted by molar-refractivity contribution is 0.348. The third-order valence-corrected chi connectivity index (χ3v) is 6.57. The molecule has 6 heteroatoms. The van der Waals surface area contributed by atoms with Crippen LogP contribution in [0.25, 0.3) is 11.1 Å². The highest BCUT2D eigenvalue weighted by atomic mass is 79.9. The molecule has 2 aromatic heterocycles. The number of fused-ring (bicyclic) bond motifs is 1. The lowest BCUT2D eigenvalue weighted by atomic mass is 9.94. The van der Waals surface area contributed by atoms with Crippen LogP contribution < -0.4 is 10.7 Å². The van der Waals surface area contributed by atoms with Crippen LogP contribution in [0.1, 0.15) is 56.6 Å². The first kappa shape index (κ1) is 17.9. The largest absolute Gasteiger partial charge is 0.345 e. The van der Waals surface area contributed by atoms with Gasteiger partial charge in [-0.25, -0.2) is 14.4 Å². The van der Waals surface area contributed by atoms with E-state index >= 15 is 0 Å². The maximum Gasteiger partial charge on any atom is 0.138 e. The Morgan fingerprint density at radius 2 is 2.00 bits per heavy atom. The predicted octanol–water partition coefficient (Wildman–Crippen LogP) is 4.75. The van der Waals surface area contributed by atoms with Crippen LogP contribution in [-0.4, -0.2) is 20.7 Å². The second kappa shape index (κ2) is 7.32. The molecule has 5 rings (SSSR count). The predicted molar refractivity (Wildman–Crippen MR) is 114 cm³/mol. The number of aromatic amines is 1. The van der Waals surface area contributed by atoms with Gasteiger partial charge < -0.3 is 9.55 Å². The number of allylic oxidation sites excluding steroid dienone is 4. The summed E-state index contributed by atoms with van der Waals surface area (Å²) < 4.78 is 16.9. The van der Waals surface area contributed by atoms with Crippen molar-refractivity contribution in [1.82, 2.24) is 14.5 Å². The van der Waals surface area contributed by atoms with Crippen LogP contribution in [0.4, 0.5) is 10.2 Å². The van der Waals surface area contributed by atoms with E-state index in [1.165, 1.54) is 43.8 Å². The summed E-state index contributed by atoms with van der Waals surface area (Å²) >= 11 is 3.69. The van der Waals surface area contributed by atoms with Crippen molar-refractivity contribution in [1.29, 1.82) is 0 Å². The summed E-state index contributed by atoms with van der Waals surface area (Å²) in [6, 6.07) is 0.470. The van der Waals surface area contributed by atoms with Gasteiger partial charge >= 0.3 is 0 Å². The van der Waals surface area contributed by atoms with E-state index in [1.807, 2.05) is 24.8 Å². The molecule has 1 aliphatic heterocycles. The van der Waals surface area contributed by atoms with Gasteiger partial charge in [0, 0.05) is 34.9 Å². The normalized spacial score (nSPS) is 23.7. The smallest absolute Gasteiger partial charge is 0.138 e. The molecular formula is C22H22BrFN4. The molecule has 1 N–H and O–H groups in total. The minimum absolute atomic E-state index is 0.176. The van der Waals surface area contributed by atoms with Gasteiger partial charge in [-0.2, -0.15) is 0 Å². The monoisotopic (exact) mass is 440 g/mol. The first-order chi connectivity index (χ1) is 13.7. The van der Waals surface area contributed by atoms with E-state index in [0.29, 0.717) is 12.5 Å². The van der Waals surface area contributed by atoms with Gasteiger partial charge in [-0.1, -0.05) is 25.3 Å². The van der Waals surface area contributed by atoms with Crippen LogP contribution in [0.2, 0.25) is 0 Å². The number of nitrogens with one attached hydrogen (secondary N) is 1. The highest BCUT2D eigenvalue weighted by Crippen LogP contribution is 2.36. The van der Waals surface area contributed by atoms with Gasteiger partial charge in [0.25, 0.3) is 0 Å². The number of hydrogen-bond acceptors (Lipinski definition) is 2. The Morgan fingerprint density at radius 3 is 2.79 bits per heavy atom. The number of halogens is 2. The summed E-state index contributed by atoms with van der Waals surface area (Å²) in [6.45, 7) is 0. The molecule has 0 radical (unpaired) electrons. The third-order valence-electron chi connectivity index (χ3n) is 5.94. The Labute approximate surface area is 171 Å². The van der Waals surface area contributed by atoms with Crippen LogP contribution in [0.15, 0.2) is 46.0 Å². The summed E-state index contributed by atoms with van der Waals surface area (Å²) in [6.07, 6.45) is 18.5. The van der Waals surface area contributed by atoms with Crippen molar-refractivity contribution in [2.24, 2.45) is 4.99 Å². The number of nitrogens with zero attached hydrogens (tertiary/aromatic N) is 3. The fourth-order valence-electron chi connectivity index (χ4n) is 4.55. The van der Waals surface area contributed by atoms with Crippen molar-refractivity contribution >= 4 is 39.1 Å². The van der Waals surface area contributed by atoms with Crippen LogP contribution in [0.5, 0.6) is 0 Å².